The molecule has 1 aliphatic carbocycles. The lowest BCUT2D eigenvalue weighted by molar-refractivity contribution is -0.123. The van der Waals surface area contributed by atoms with E-state index in [1.807, 2.05) is 13.8 Å². The van der Waals surface area contributed by atoms with E-state index in [1.54, 1.807) is 18.3 Å². The minimum absolute atomic E-state index is 0.125. The Kier molecular flexibility index (Phi) is 4.01. The second-order valence-corrected chi connectivity index (χ2v) is 8.42. The first kappa shape index (κ1) is 18.8. The highest BCUT2D eigenvalue weighted by molar-refractivity contribution is 6.09. The van der Waals surface area contributed by atoms with Gasteiger partial charge in [-0.25, -0.2) is 9.78 Å². The summed E-state index contributed by atoms with van der Waals surface area (Å²) in [4.78, 5) is 17.9. The number of aromatic nitrogens is 1. The number of fused-ring (bicyclic) bond motifs is 5. The number of quaternary nitrogens is 1. The summed E-state index contributed by atoms with van der Waals surface area (Å²) in [6.45, 7) is 3.78. The first-order valence-electron chi connectivity index (χ1n) is 10.1. The summed E-state index contributed by atoms with van der Waals surface area (Å²) in [5, 5.41) is 26.1. The SMILES string of the molecule is CC1=C2C(=O)[N+](C)([O-])c3cc(C#N)ccc3[C@H]2c2c(OC3CCC3)ncc(C)c2N1. The van der Waals surface area contributed by atoms with E-state index < -0.39 is 16.5 Å². The van der Waals surface area contributed by atoms with Crippen LogP contribution in [0.15, 0.2) is 35.7 Å². The Morgan fingerprint density at radius 2 is 2.10 bits per heavy atom. The largest absolute Gasteiger partial charge is 0.620 e. The Morgan fingerprint density at radius 3 is 2.77 bits per heavy atom. The molecule has 2 aliphatic heterocycles. The molecule has 1 aromatic heterocycles. The number of aryl methyl sites for hydroxylation is 1. The summed E-state index contributed by atoms with van der Waals surface area (Å²) in [7, 11) is 1.33. The Bertz CT molecular complexity index is 1170. The first-order chi connectivity index (χ1) is 14.3. The van der Waals surface area contributed by atoms with Gasteiger partial charge < -0.3 is 15.3 Å². The molecule has 1 aromatic carbocycles. The van der Waals surface area contributed by atoms with Gasteiger partial charge in [0.15, 0.2) is 0 Å². The van der Waals surface area contributed by atoms with Crippen LogP contribution in [0.25, 0.3) is 0 Å². The molecule has 2 atom stereocenters. The van der Waals surface area contributed by atoms with Crippen LogP contribution in [0.2, 0.25) is 0 Å². The third kappa shape index (κ3) is 2.51. The Hall–Kier alpha value is -3.21. The molecule has 0 bridgehead atoms. The molecule has 1 N–H and O–H groups in total. The van der Waals surface area contributed by atoms with Crippen LogP contribution >= 0.6 is 0 Å². The van der Waals surface area contributed by atoms with Gasteiger partial charge in [-0.05, 0) is 44.7 Å². The van der Waals surface area contributed by atoms with Gasteiger partial charge in [-0.15, -0.1) is 0 Å². The van der Waals surface area contributed by atoms with Gasteiger partial charge in [0.05, 0.1) is 41.4 Å². The molecule has 152 valence electrons. The van der Waals surface area contributed by atoms with E-state index in [9.17, 15) is 15.3 Å². The van der Waals surface area contributed by atoms with Crippen LogP contribution in [0, 0.1) is 23.5 Å². The molecule has 1 fully saturated rings. The fraction of sp³-hybridized carbons (Fsp3) is 0.348. The molecular weight excluding hydrogens is 380 g/mol. The van der Waals surface area contributed by atoms with Gasteiger partial charge in [-0.2, -0.15) is 5.26 Å². The lowest BCUT2D eigenvalue weighted by Gasteiger charge is -2.45. The highest BCUT2D eigenvalue weighted by Crippen LogP contribution is 2.53. The number of allylic oxidation sites excluding steroid dienone is 1. The van der Waals surface area contributed by atoms with Gasteiger partial charge in [-0.3, -0.25) is 4.65 Å². The normalized spacial score (nSPS) is 24.8. The van der Waals surface area contributed by atoms with Gasteiger partial charge in [-0.1, -0.05) is 6.07 Å². The van der Waals surface area contributed by atoms with Crippen LogP contribution < -0.4 is 14.7 Å². The van der Waals surface area contributed by atoms with Crippen LogP contribution in [0.1, 0.15) is 54.4 Å². The van der Waals surface area contributed by atoms with Crippen LogP contribution in [-0.2, 0) is 4.79 Å². The summed E-state index contributed by atoms with van der Waals surface area (Å²) in [5.41, 5.74) is 5.07. The molecule has 30 heavy (non-hydrogen) atoms. The highest BCUT2D eigenvalue weighted by atomic mass is 16.6. The van der Waals surface area contributed by atoms with E-state index in [-0.39, 0.29) is 6.10 Å². The number of hydrogen-bond donors (Lipinski definition) is 1. The smallest absolute Gasteiger partial charge is 0.349 e. The van der Waals surface area contributed by atoms with E-state index in [0.717, 1.165) is 36.1 Å². The number of ether oxygens (including phenoxy) is 1. The standard InChI is InChI=1S/C23H22N4O3/c1-12-11-25-22(30-15-5-4-6-15)20-19-16-8-7-14(10-24)9-17(16)27(3,29)23(28)18(19)13(2)26-21(12)20/h7-9,11,15,19,26H,4-6H2,1-3H3/t19-,27?/m1/s1. The number of amides is 1. The monoisotopic (exact) mass is 402 g/mol. The summed E-state index contributed by atoms with van der Waals surface area (Å²) in [5.74, 6) is -0.485. The molecular formula is C23H22N4O3. The van der Waals surface area contributed by atoms with E-state index in [0.29, 0.717) is 34.0 Å². The number of pyridine rings is 1. The van der Waals surface area contributed by atoms with E-state index in [4.69, 9.17) is 4.74 Å². The van der Waals surface area contributed by atoms with Crippen LogP contribution in [0.3, 0.4) is 0 Å². The number of anilines is 1. The first-order valence-corrected chi connectivity index (χ1v) is 10.1. The molecule has 0 saturated heterocycles. The van der Waals surface area contributed by atoms with Crippen molar-refractivity contribution < 1.29 is 9.53 Å². The summed E-state index contributed by atoms with van der Waals surface area (Å²) < 4.78 is 5.04. The van der Waals surface area contributed by atoms with E-state index in [1.165, 1.54) is 13.1 Å². The quantitative estimate of drug-likeness (QED) is 0.602. The number of carbonyl (C=O) groups is 1. The molecule has 7 heteroatoms. The molecule has 3 aliphatic rings. The summed E-state index contributed by atoms with van der Waals surface area (Å²) >= 11 is 0. The number of hydrogen-bond acceptors (Lipinski definition) is 6. The molecule has 0 spiro atoms. The van der Waals surface area contributed by atoms with Gasteiger partial charge >= 0.3 is 5.91 Å². The Labute approximate surface area is 174 Å². The van der Waals surface area contributed by atoms with Gasteiger partial charge in [0.2, 0.25) is 5.88 Å². The number of hydroxylamine groups is 2. The maximum atomic E-state index is 13.4. The second kappa shape index (κ2) is 6.39. The predicted octanol–water partition coefficient (Wildman–Crippen LogP) is 4.00. The average molecular weight is 402 g/mol. The number of nitriles is 1. The maximum absolute atomic E-state index is 13.4. The minimum Gasteiger partial charge on any atom is -0.620 e. The van der Waals surface area contributed by atoms with Gasteiger partial charge in [0, 0.05) is 23.5 Å². The maximum Gasteiger partial charge on any atom is 0.349 e. The highest BCUT2D eigenvalue weighted by Gasteiger charge is 2.48. The third-order valence-corrected chi connectivity index (χ3v) is 6.44. The van der Waals surface area contributed by atoms with Crippen molar-refractivity contribution in [2.24, 2.45) is 0 Å². The van der Waals surface area contributed by atoms with Crippen LogP contribution in [0.4, 0.5) is 11.4 Å². The van der Waals surface area contributed by atoms with Gasteiger partial charge in [0.25, 0.3) is 0 Å². The second-order valence-electron chi connectivity index (χ2n) is 8.42. The van der Waals surface area contributed by atoms with Crippen molar-refractivity contribution in [3.05, 3.63) is 63.1 Å². The van der Waals surface area contributed by atoms with Crippen molar-refractivity contribution >= 4 is 17.3 Å². The third-order valence-electron chi connectivity index (χ3n) is 6.44. The Balaban J connectivity index is 1.79. The molecule has 3 heterocycles. The predicted molar refractivity (Wildman–Crippen MR) is 113 cm³/mol. The number of carbonyl (C=O) groups excluding carboxylic acids is 1. The van der Waals surface area contributed by atoms with Crippen molar-refractivity contribution in [3.8, 4) is 11.9 Å². The minimum atomic E-state index is -1.18. The number of rotatable bonds is 2. The molecule has 1 amide bonds. The molecule has 0 radical (unpaired) electrons. The fourth-order valence-corrected chi connectivity index (χ4v) is 4.56. The average Bonchev–Trinajstić information content (AvgIpc) is 2.69. The number of likely N-dealkylation sites (N-methyl/N-ethyl adjacent to an activating group) is 1. The van der Waals surface area contributed by atoms with Crippen molar-refractivity contribution in [3.63, 3.8) is 0 Å². The van der Waals surface area contributed by atoms with Crippen LogP contribution in [-0.4, -0.2) is 24.0 Å². The lowest BCUT2D eigenvalue weighted by atomic mass is 9.76. The Morgan fingerprint density at radius 1 is 1.33 bits per heavy atom. The molecule has 5 rings (SSSR count). The molecule has 1 saturated carbocycles. The number of benzene rings is 1. The van der Waals surface area contributed by atoms with Crippen molar-refractivity contribution in [2.45, 2.75) is 45.1 Å². The molecule has 7 nitrogen and oxygen atoms in total. The topological polar surface area (TPSA) is 98.1 Å². The molecule has 2 aromatic rings. The van der Waals surface area contributed by atoms with Crippen LogP contribution in [0.5, 0.6) is 5.88 Å². The van der Waals surface area contributed by atoms with E-state index >= 15 is 0 Å². The summed E-state index contributed by atoms with van der Waals surface area (Å²) in [6.07, 6.45) is 5.01. The fourth-order valence-electron chi connectivity index (χ4n) is 4.56. The van der Waals surface area contributed by atoms with E-state index in [2.05, 4.69) is 16.4 Å². The number of nitrogens with zero attached hydrogens (tertiary/aromatic N) is 3. The number of nitrogens with one attached hydrogen (secondary N) is 1. The van der Waals surface area contributed by atoms with Gasteiger partial charge in [0.1, 0.15) is 11.8 Å². The van der Waals surface area contributed by atoms with Crippen molar-refractivity contribution in [2.75, 3.05) is 12.4 Å². The van der Waals surface area contributed by atoms with Crippen molar-refractivity contribution in [1.29, 1.82) is 5.26 Å². The molecule has 1 unspecified atom stereocenters. The summed E-state index contributed by atoms with van der Waals surface area (Å²) in [6, 6.07) is 7.08. The zero-order valence-corrected chi connectivity index (χ0v) is 17.2. The lowest BCUT2D eigenvalue weighted by Crippen LogP contribution is -2.51. The van der Waals surface area contributed by atoms with Crippen molar-refractivity contribution in [1.82, 2.24) is 9.63 Å². The zero-order chi connectivity index (χ0) is 21.2. The zero-order valence-electron chi connectivity index (χ0n) is 17.2.